The smallest absolute Gasteiger partial charge is 0.325 e. The van der Waals surface area contributed by atoms with Crippen LogP contribution in [0.25, 0.3) is 11.0 Å². The first-order chi connectivity index (χ1) is 12.9. The number of rotatable bonds is 4. The molecule has 1 aliphatic rings. The Morgan fingerprint density at radius 1 is 1.19 bits per heavy atom. The van der Waals surface area contributed by atoms with Crippen molar-refractivity contribution in [3.05, 3.63) is 64.3 Å². The Balaban J connectivity index is 1.68. The average Bonchev–Trinajstić information content (AvgIpc) is 3.18. The molecule has 0 spiro atoms. The number of ether oxygens (including phenoxy) is 1. The molecule has 1 aliphatic heterocycles. The number of carbonyl (C=O) groups is 2. The van der Waals surface area contributed by atoms with E-state index < -0.39 is 11.6 Å². The molecule has 138 valence electrons. The van der Waals surface area contributed by atoms with Crippen LogP contribution < -0.4 is 10.1 Å². The lowest BCUT2D eigenvalue weighted by Crippen LogP contribution is -2.40. The predicted molar refractivity (Wildman–Crippen MR) is 103 cm³/mol. The van der Waals surface area contributed by atoms with Crippen LogP contribution in [0.4, 0.5) is 4.79 Å². The van der Waals surface area contributed by atoms with Crippen LogP contribution in [-0.2, 0) is 16.9 Å². The minimum absolute atomic E-state index is 0.100. The molecule has 7 heteroatoms. The van der Waals surface area contributed by atoms with Gasteiger partial charge in [0.1, 0.15) is 17.1 Å². The summed E-state index contributed by atoms with van der Waals surface area (Å²) in [5.74, 6) is 0.649. The normalized spacial score (nSPS) is 19.6. The van der Waals surface area contributed by atoms with Crippen molar-refractivity contribution in [2.24, 2.45) is 0 Å². The first kappa shape index (κ1) is 17.6. The number of hydrogen-bond donors (Lipinski definition) is 1. The fourth-order valence-corrected chi connectivity index (χ4v) is 3.69. The first-order valence-electron chi connectivity index (χ1n) is 8.38. The highest BCUT2D eigenvalue weighted by Gasteiger charge is 2.51. The molecule has 27 heavy (non-hydrogen) atoms. The second-order valence-corrected chi connectivity index (χ2v) is 7.47. The van der Waals surface area contributed by atoms with Crippen LogP contribution in [0.5, 0.6) is 5.75 Å². The number of nitrogens with one attached hydrogen (secondary N) is 1. The molecular weight excluding hydrogens is 412 g/mol. The molecule has 0 radical (unpaired) electrons. The van der Waals surface area contributed by atoms with Gasteiger partial charge < -0.3 is 14.5 Å². The molecule has 3 aromatic rings. The lowest BCUT2D eigenvalue weighted by atomic mass is 9.98. The van der Waals surface area contributed by atoms with E-state index in [0.717, 1.165) is 15.4 Å². The summed E-state index contributed by atoms with van der Waals surface area (Å²) in [5.41, 5.74) is 0.141. The molecule has 1 unspecified atom stereocenters. The van der Waals surface area contributed by atoms with Crippen molar-refractivity contribution >= 4 is 38.8 Å². The van der Waals surface area contributed by atoms with Gasteiger partial charge in [0, 0.05) is 15.4 Å². The van der Waals surface area contributed by atoms with E-state index in [1.54, 1.807) is 26.2 Å². The summed E-state index contributed by atoms with van der Waals surface area (Å²) in [7, 11) is 1.55. The lowest BCUT2D eigenvalue weighted by Gasteiger charge is -2.19. The zero-order valence-electron chi connectivity index (χ0n) is 14.8. The zero-order chi connectivity index (χ0) is 19.2. The largest absolute Gasteiger partial charge is 0.496 e. The van der Waals surface area contributed by atoms with E-state index in [0.29, 0.717) is 17.1 Å². The number of imide groups is 1. The van der Waals surface area contributed by atoms with Gasteiger partial charge in [0.15, 0.2) is 5.54 Å². The molecule has 1 aromatic heterocycles. The van der Waals surface area contributed by atoms with Crippen LogP contribution in [0, 0.1) is 0 Å². The van der Waals surface area contributed by atoms with Crippen molar-refractivity contribution in [2.75, 3.05) is 7.11 Å². The Kier molecular flexibility index (Phi) is 4.19. The highest BCUT2D eigenvalue weighted by molar-refractivity contribution is 9.10. The number of urea groups is 1. The molecule has 1 saturated heterocycles. The highest BCUT2D eigenvalue weighted by Crippen LogP contribution is 2.34. The third kappa shape index (κ3) is 2.88. The van der Waals surface area contributed by atoms with Gasteiger partial charge in [-0.25, -0.2) is 4.79 Å². The number of carbonyl (C=O) groups excluding carboxylic acids is 2. The second-order valence-electron chi connectivity index (χ2n) is 6.55. The first-order valence-corrected chi connectivity index (χ1v) is 9.17. The summed E-state index contributed by atoms with van der Waals surface area (Å²) < 4.78 is 12.0. The van der Waals surface area contributed by atoms with E-state index in [9.17, 15) is 9.59 Å². The van der Waals surface area contributed by atoms with Gasteiger partial charge in [-0.1, -0.05) is 34.1 Å². The van der Waals surface area contributed by atoms with E-state index in [1.165, 1.54) is 4.90 Å². The topological polar surface area (TPSA) is 71.8 Å². The molecule has 0 aliphatic carbocycles. The van der Waals surface area contributed by atoms with Crippen LogP contribution >= 0.6 is 15.9 Å². The third-order valence-electron chi connectivity index (χ3n) is 4.76. The molecule has 0 bridgehead atoms. The number of nitrogens with zero attached hydrogens (tertiary/aromatic N) is 1. The van der Waals surface area contributed by atoms with Gasteiger partial charge in [0.05, 0.1) is 13.7 Å². The van der Waals surface area contributed by atoms with Crippen molar-refractivity contribution in [1.82, 2.24) is 10.2 Å². The van der Waals surface area contributed by atoms with Gasteiger partial charge in [-0.15, -0.1) is 0 Å². The SMILES string of the molecule is COc1ccc(Br)cc1CN1C(=O)NC(C)(c2cc3ccccc3o2)C1=O. The molecule has 2 heterocycles. The van der Waals surface area contributed by atoms with Crippen LogP contribution in [-0.4, -0.2) is 23.9 Å². The Labute approximate surface area is 164 Å². The minimum Gasteiger partial charge on any atom is -0.496 e. The predicted octanol–water partition coefficient (Wildman–Crippen LogP) is 4.17. The Morgan fingerprint density at radius 2 is 1.96 bits per heavy atom. The summed E-state index contributed by atoms with van der Waals surface area (Å²) in [6.45, 7) is 1.76. The molecule has 6 nitrogen and oxygen atoms in total. The number of halogens is 1. The van der Waals surface area contributed by atoms with Gasteiger partial charge >= 0.3 is 6.03 Å². The van der Waals surface area contributed by atoms with E-state index in [2.05, 4.69) is 21.2 Å². The van der Waals surface area contributed by atoms with E-state index in [1.807, 2.05) is 36.4 Å². The number of para-hydroxylation sites is 1. The maximum absolute atomic E-state index is 13.1. The van der Waals surface area contributed by atoms with Gasteiger partial charge in [-0.2, -0.15) is 0 Å². The molecule has 1 N–H and O–H groups in total. The number of amides is 3. The van der Waals surface area contributed by atoms with Crippen molar-refractivity contribution in [1.29, 1.82) is 0 Å². The van der Waals surface area contributed by atoms with E-state index in [4.69, 9.17) is 9.15 Å². The molecule has 4 rings (SSSR count). The standard InChI is InChI=1S/C20H17BrN2O4/c1-20(17-10-12-5-3-4-6-16(12)27-17)18(24)23(19(25)22-20)11-13-9-14(21)7-8-15(13)26-2/h3-10H,11H2,1-2H3,(H,22,25). The number of fused-ring (bicyclic) bond motifs is 1. The zero-order valence-corrected chi connectivity index (χ0v) is 16.4. The molecule has 3 amide bonds. The Morgan fingerprint density at radius 3 is 2.70 bits per heavy atom. The summed E-state index contributed by atoms with van der Waals surface area (Å²) >= 11 is 3.41. The summed E-state index contributed by atoms with van der Waals surface area (Å²) in [6, 6.07) is 14.3. The third-order valence-corrected chi connectivity index (χ3v) is 5.26. The van der Waals surface area contributed by atoms with Gasteiger partial charge in [-0.3, -0.25) is 9.69 Å². The maximum atomic E-state index is 13.1. The fraction of sp³-hybridized carbons (Fsp3) is 0.200. The van der Waals surface area contributed by atoms with Gasteiger partial charge in [0.2, 0.25) is 0 Å². The summed E-state index contributed by atoms with van der Waals surface area (Å²) in [4.78, 5) is 26.9. The minimum atomic E-state index is -1.25. The van der Waals surface area contributed by atoms with Gasteiger partial charge in [-0.05, 0) is 37.3 Å². The van der Waals surface area contributed by atoms with Gasteiger partial charge in [0.25, 0.3) is 5.91 Å². The molecule has 1 atom stereocenters. The second kappa shape index (κ2) is 6.42. The molecular formula is C20H17BrN2O4. The van der Waals surface area contributed by atoms with Crippen molar-refractivity contribution < 1.29 is 18.7 Å². The maximum Gasteiger partial charge on any atom is 0.325 e. The molecule has 2 aromatic carbocycles. The van der Waals surface area contributed by atoms with Crippen LogP contribution in [0.2, 0.25) is 0 Å². The molecule has 0 saturated carbocycles. The average molecular weight is 429 g/mol. The summed E-state index contributed by atoms with van der Waals surface area (Å²) in [6.07, 6.45) is 0. The highest BCUT2D eigenvalue weighted by atomic mass is 79.9. The number of hydrogen-bond acceptors (Lipinski definition) is 4. The Hall–Kier alpha value is -2.80. The number of benzene rings is 2. The lowest BCUT2D eigenvalue weighted by molar-refractivity contribution is -0.132. The van der Waals surface area contributed by atoms with Crippen molar-refractivity contribution in [3.63, 3.8) is 0 Å². The van der Waals surface area contributed by atoms with E-state index >= 15 is 0 Å². The summed E-state index contributed by atoms with van der Waals surface area (Å²) in [5, 5.41) is 3.65. The number of furan rings is 1. The van der Waals surface area contributed by atoms with Crippen LogP contribution in [0.15, 0.2) is 57.4 Å². The molecule has 1 fully saturated rings. The quantitative estimate of drug-likeness (QED) is 0.632. The monoisotopic (exact) mass is 428 g/mol. The number of methoxy groups -OCH3 is 1. The Bertz CT molecular complexity index is 1030. The van der Waals surface area contributed by atoms with Crippen LogP contribution in [0.3, 0.4) is 0 Å². The van der Waals surface area contributed by atoms with Crippen molar-refractivity contribution in [2.45, 2.75) is 19.0 Å². The fourth-order valence-electron chi connectivity index (χ4n) is 3.28. The van der Waals surface area contributed by atoms with Crippen molar-refractivity contribution in [3.8, 4) is 5.75 Å². The van der Waals surface area contributed by atoms with E-state index in [-0.39, 0.29) is 12.5 Å². The van der Waals surface area contributed by atoms with Crippen LogP contribution in [0.1, 0.15) is 18.2 Å².